The third-order valence-electron chi connectivity index (χ3n) is 2.41. The minimum Gasteiger partial charge on any atom is -0.467 e. The molecule has 0 heterocycles. The smallest absolute Gasteiger partial charge is 0.337 e. The van der Waals surface area contributed by atoms with Crippen molar-refractivity contribution in [1.82, 2.24) is 0 Å². The summed E-state index contributed by atoms with van der Waals surface area (Å²) in [5, 5.41) is 9.79. The van der Waals surface area contributed by atoms with Crippen LogP contribution in [0.5, 0.6) is 0 Å². The van der Waals surface area contributed by atoms with Crippen LogP contribution in [-0.4, -0.2) is 23.8 Å². The lowest BCUT2D eigenvalue weighted by molar-refractivity contribution is -0.160. The summed E-state index contributed by atoms with van der Waals surface area (Å²) >= 11 is 0. The molecule has 5 heteroatoms. The van der Waals surface area contributed by atoms with Gasteiger partial charge in [0, 0.05) is 12.8 Å². The maximum Gasteiger partial charge on any atom is 0.337 e. The Bertz CT molecular complexity index is 406. The molecule has 1 N–H and O–H groups in total. The maximum atomic E-state index is 13.5. The first-order valence-corrected chi connectivity index (χ1v) is 5.09. The minimum absolute atomic E-state index is 0.0630. The number of hydrogen-bond donors (Lipinski definition) is 1. The lowest BCUT2D eigenvalue weighted by Gasteiger charge is -2.20. The highest BCUT2D eigenvalue weighted by molar-refractivity contribution is 5.79. The Labute approximate surface area is 98.1 Å². The molecule has 17 heavy (non-hydrogen) atoms. The highest BCUT2D eigenvalue weighted by Gasteiger charge is 2.33. The Hall–Kier alpha value is -1.49. The second-order valence-electron chi connectivity index (χ2n) is 4.00. The number of halogens is 2. The van der Waals surface area contributed by atoms with Crippen molar-refractivity contribution >= 4 is 5.97 Å². The van der Waals surface area contributed by atoms with Gasteiger partial charge in [0.1, 0.15) is 11.7 Å². The van der Waals surface area contributed by atoms with Gasteiger partial charge in [-0.2, -0.15) is 0 Å². The molecule has 0 spiro atoms. The molecule has 0 saturated heterocycles. The predicted octanol–water partition coefficient (Wildman–Crippen LogP) is 2.34. The van der Waals surface area contributed by atoms with E-state index in [0.29, 0.717) is 0 Å². The van der Waals surface area contributed by atoms with Gasteiger partial charge >= 0.3 is 5.97 Å². The van der Waals surface area contributed by atoms with Gasteiger partial charge in [-0.05, 0) is 24.6 Å². The Morgan fingerprint density at radius 2 is 2.18 bits per heavy atom. The first-order valence-electron chi connectivity index (χ1n) is 5.09. The Morgan fingerprint density at radius 1 is 1.53 bits per heavy atom. The van der Waals surface area contributed by atoms with Crippen molar-refractivity contribution in [3.8, 4) is 0 Å². The SMILES string of the molecule is COC(=O)C(C)(O)CC1=CC=C(F)CC=C1F. The van der Waals surface area contributed by atoms with Crippen LogP contribution in [0.1, 0.15) is 19.8 Å². The molecular formula is C12H14F2O3. The third-order valence-corrected chi connectivity index (χ3v) is 2.41. The summed E-state index contributed by atoms with van der Waals surface area (Å²) in [6, 6.07) is 0. The van der Waals surface area contributed by atoms with Crippen LogP contribution in [0.3, 0.4) is 0 Å². The number of carbonyl (C=O) groups excluding carboxylic acids is 1. The fraction of sp³-hybridized carbons (Fsp3) is 0.417. The van der Waals surface area contributed by atoms with Crippen LogP contribution in [0.4, 0.5) is 8.78 Å². The van der Waals surface area contributed by atoms with E-state index in [1.165, 1.54) is 13.0 Å². The van der Waals surface area contributed by atoms with Gasteiger partial charge in [0.25, 0.3) is 0 Å². The number of esters is 1. The number of ether oxygens (including phenoxy) is 1. The van der Waals surface area contributed by atoms with Crippen molar-refractivity contribution in [3.05, 3.63) is 35.5 Å². The molecule has 1 aliphatic carbocycles. The fourth-order valence-corrected chi connectivity index (χ4v) is 1.46. The van der Waals surface area contributed by atoms with E-state index < -0.39 is 23.2 Å². The van der Waals surface area contributed by atoms with Gasteiger partial charge in [-0.1, -0.05) is 6.08 Å². The zero-order valence-corrected chi connectivity index (χ0v) is 9.67. The van der Waals surface area contributed by atoms with Gasteiger partial charge in [0.15, 0.2) is 5.60 Å². The van der Waals surface area contributed by atoms with Crippen LogP contribution in [-0.2, 0) is 9.53 Å². The molecule has 1 atom stereocenters. The Morgan fingerprint density at radius 3 is 2.76 bits per heavy atom. The van der Waals surface area contributed by atoms with Crippen molar-refractivity contribution in [1.29, 1.82) is 0 Å². The van der Waals surface area contributed by atoms with E-state index in [-0.39, 0.29) is 18.4 Å². The molecule has 0 bridgehead atoms. The summed E-state index contributed by atoms with van der Waals surface area (Å²) < 4.78 is 30.8. The predicted molar refractivity (Wildman–Crippen MR) is 58.3 cm³/mol. The monoisotopic (exact) mass is 244 g/mol. The van der Waals surface area contributed by atoms with Gasteiger partial charge in [-0.25, -0.2) is 13.6 Å². The number of carbonyl (C=O) groups is 1. The van der Waals surface area contributed by atoms with E-state index in [4.69, 9.17) is 0 Å². The topological polar surface area (TPSA) is 46.5 Å². The maximum absolute atomic E-state index is 13.5. The van der Waals surface area contributed by atoms with Crippen molar-refractivity contribution < 1.29 is 23.4 Å². The van der Waals surface area contributed by atoms with Crippen molar-refractivity contribution in [2.24, 2.45) is 0 Å². The fourth-order valence-electron chi connectivity index (χ4n) is 1.46. The van der Waals surface area contributed by atoms with E-state index in [0.717, 1.165) is 19.3 Å². The summed E-state index contributed by atoms with van der Waals surface area (Å²) in [6.45, 7) is 1.22. The van der Waals surface area contributed by atoms with E-state index in [1.54, 1.807) is 0 Å². The largest absolute Gasteiger partial charge is 0.467 e. The molecule has 1 unspecified atom stereocenters. The van der Waals surface area contributed by atoms with Crippen molar-refractivity contribution in [2.75, 3.05) is 7.11 Å². The minimum atomic E-state index is -1.83. The molecule has 0 aromatic heterocycles. The summed E-state index contributed by atoms with van der Waals surface area (Å²) in [4.78, 5) is 11.2. The first-order chi connectivity index (χ1) is 7.86. The number of aliphatic hydroxyl groups is 1. The number of rotatable bonds is 3. The van der Waals surface area contributed by atoms with Gasteiger partial charge in [-0.3, -0.25) is 0 Å². The van der Waals surface area contributed by atoms with Crippen molar-refractivity contribution in [3.63, 3.8) is 0 Å². The van der Waals surface area contributed by atoms with E-state index >= 15 is 0 Å². The quantitative estimate of drug-likeness (QED) is 0.775. The average Bonchev–Trinajstić information content (AvgIpc) is 2.43. The zero-order valence-electron chi connectivity index (χ0n) is 9.67. The highest BCUT2D eigenvalue weighted by atomic mass is 19.1. The summed E-state index contributed by atoms with van der Waals surface area (Å²) in [7, 11) is 1.13. The number of allylic oxidation sites excluding steroid dienone is 5. The second kappa shape index (κ2) is 5.23. The van der Waals surface area contributed by atoms with Gasteiger partial charge < -0.3 is 9.84 Å². The Kier molecular flexibility index (Phi) is 4.17. The number of hydrogen-bond acceptors (Lipinski definition) is 3. The molecule has 0 amide bonds. The molecule has 0 saturated carbocycles. The van der Waals surface area contributed by atoms with Gasteiger partial charge in [0.2, 0.25) is 0 Å². The van der Waals surface area contributed by atoms with Crippen LogP contribution in [0.25, 0.3) is 0 Å². The molecule has 3 nitrogen and oxygen atoms in total. The third kappa shape index (κ3) is 3.49. The van der Waals surface area contributed by atoms with Crippen LogP contribution in [0, 0.1) is 0 Å². The van der Waals surface area contributed by atoms with Crippen LogP contribution < -0.4 is 0 Å². The summed E-state index contributed by atoms with van der Waals surface area (Å²) in [5.41, 5.74) is -1.77. The van der Waals surface area contributed by atoms with Crippen LogP contribution in [0.2, 0.25) is 0 Å². The van der Waals surface area contributed by atoms with Gasteiger partial charge in [-0.15, -0.1) is 0 Å². The molecule has 0 aromatic carbocycles. The Balaban J connectivity index is 2.90. The van der Waals surface area contributed by atoms with E-state index in [2.05, 4.69) is 4.74 Å². The zero-order chi connectivity index (χ0) is 13.1. The van der Waals surface area contributed by atoms with Gasteiger partial charge in [0.05, 0.1) is 7.11 Å². The molecule has 0 aromatic rings. The molecular weight excluding hydrogens is 230 g/mol. The number of methoxy groups -OCH3 is 1. The highest BCUT2D eigenvalue weighted by Crippen LogP contribution is 2.27. The summed E-state index contributed by atoms with van der Waals surface area (Å²) in [6.07, 6.45) is 2.99. The lowest BCUT2D eigenvalue weighted by Crippen LogP contribution is -2.36. The molecule has 94 valence electrons. The van der Waals surface area contributed by atoms with Crippen molar-refractivity contribution in [2.45, 2.75) is 25.4 Å². The lowest BCUT2D eigenvalue weighted by atomic mass is 9.95. The van der Waals surface area contributed by atoms with Crippen LogP contribution >= 0.6 is 0 Å². The molecule has 0 aliphatic heterocycles. The molecule has 0 fully saturated rings. The van der Waals surface area contributed by atoms with Crippen LogP contribution in [0.15, 0.2) is 35.5 Å². The summed E-state index contributed by atoms with van der Waals surface area (Å²) in [5.74, 6) is -1.98. The normalized spacial score (nSPS) is 19.5. The molecule has 1 aliphatic rings. The second-order valence-corrected chi connectivity index (χ2v) is 4.00. The van der Waals surface area contributed by atoms with E-state index in [1.807, 2.05) is 0 Å². The average molecular weight is 244 g/mol. The standard InChI is InChI=1S/C12H14F2O3/c1-12(16,11(15)17-2)7-8-3-4-9(13)5-6-10(8)14/h3-4,6,16H,5,7H2,1-2H3. The van der Waals surface area contributed by atoms with E-state index in [9.17, 15) is 18.7 Å². The molecule has 0 radical (unpaired) electrons. The first kappa shape index (κ1) is 13.6. The molecule has 1 rings (SSSR count).